The summed E-state index contributed by atoms with van der Waals surface area (Å²) in [5.41, 5.74) is 4.00. The average molecular weight is 417 g/mol. The van der Waals surface area contributed by atoms with Gasteiger partial charge >= 0.3 is 6.03 Å². The van der Waals surface area contributed by atoms with Crippen LogP contribution in [-0.2, 0) is 11.2 Å². The topological polar surface area (TPSA) is 74.9 Å². The minimum Gasteiger partial charge on any atom is -0.454 e. The summed E-state index contributed by atoms with van der Waals surface area (Å²) in [7, 11) is 0. The molecule has 158 valence electrons. The summed E-state index contributed by atoms with van der Waals surface area (Å²) in [6, 6.07) is 12.8. The molecule has 2 atom stereocenters. The largest absolute Gasteiger partial charge is 0.454 e. The van der Waals surface area contributed by atoms with Crippen LogP contribution in [-0.4, -0.2) is 46.1 Å². The van der Waals surface area contributed by atoms with Gasteiger partial charge in [-0.05, 0) is 35.7 Å². The average Bonchev–Trinajstić information content (AvgIpc) is 3.46. The van der Waals surface area contributed by atoms with E-state index in [1.807, 2.05) is 36.4 Å². The molecule has 3 amide bonds. The normalized spacial score (nSPS) is 21.7. The third kappa shape index (κ3) is 2.59. The van der Waals surface area contributed by atoms with Crippen molar-refractivity contribution in [2.45, 2.75) is 38.3 Å². The van der Waals surface area contributed by atoms with Gasteiger partial charge in [-0.15, -0.1) is 0 Å². The van der Waals surface area contributed by atoms with E-state index in [4.69, 9.17) is 9.47 Å². The maximum Gasteiger partial charge on any atom is 0.328 e. The van der Waals surface area contributed by atoms with Crippen LogP contribution in [0.5, 0.6) is 11.5 Å². The molecule has 31 heavy (non-hydrogen) atoms. The lowest BCUT2D eigenvalue weighted by molar-refractivity contribution is -0.128. The molecule has 6 rings (SSSR count). The van der Waals surface area contributed by atoms with Gasteiger partial charge in [-0.3, -0.25) is 14.6 Å². The predicted octanol–water partition coefficient (Wildman–Crippen LogP) is 3.98. The molecule has 0 radical (unpaired) electrons. The summed E-state index contributed by atoms with van der Waals surface area (Å²) in [5.74, 6) is 1.26. The standard InChI is InChI=1S/C24H23N3O4/c1-2-3-10-26-23(28)18-12-16-15-6-4-5-7-17(15)25-21(16)22(27(18)24(26)29)14-8-9-19-20(11-14)31-13-30-19/h4-9,11,18,22,25H,2-3,10,12-13H2,1H3/t18-,22+/m0/s1. The summed E-state index contributed by atoms with van der Waals surface area (Å²) in [6.45, 7) is 2.71. The van der Waals surface area contributed by atoms with Crippen LogP contribution in [0.25, 0.3) is 10.9 Å². The first-order valence-electron chi connectivity index (χ1n) is 10.8. The van der Waals surface area contributed by atoms with Crippen LogP contribution in [0, 0.1) is 0 Å². The van der Waals surface area contributed by atoms with E-state index in [0.29, 0.717) is 24.5 Å². The van der Waals surface area contributed by atoms with Crippen molar-refractivity contribution in [3.63, 3.8) is 0 Å². The van der Waals surface area contributed by atoms with Crippen molar-refractivity contribution in [3.05, 3.63) is 59.3 Å². The Balaban J connectivity index is 1.52. The molecule has 7 nitrogen and oxygen atoms in total. The number of para-hydroxylation sites is 1. The van der Waals surface area contributed by atoms with Gasteiger partial charge in [-0.2, -0.15) is 0 Å². The molecule has 3 aliphatic rings. The van der Waals surface area contributed by atoms with E-state index in [9.17, 15) is 9.59 Å². The van der Waals surface area contributed by atoms with Gasteiger partial charge in [0.25, 0.3) is 5.91 Å². The Morgan fingerprint density at radius 3 is 2.81 bits per heavy atom. The van der Waals surface area contributed by atoms with Crippen LogP contribution in [0.3, 0.4) is 0 Å². The molecule has 3 aromatic rings. The SMILES string of the molecule is CCCCN1C(=O)[C@@H]2Cc3c([nH]c4ccccc34)[C@@H](c3ccc4c(c3)OCO4)N2C1=O. The molecule has 0 spiro atoms. The number of aromatic nitrogens is 1. The monoisotopic (exact) mass is 417 g/mol. The Bertz CT molecular complexity index is 1220. The Morgan fingerprint density at radius 1 is 1.10 bits per heavy atom. The highest BCUT2D eigenvalue weighted by Crippen LogP contribution is 2.46. The van der Waals surface area contributed by atoms with Gasteiger partial charge in [-0.25, -0.2) is 4.79 Å². The highest BCUT2D eigenvalue weighted by atomic mass is 16.7. The van der Waals surface area contributed by atoms with Crippen LogP contribution >= 0.6 is 0 Å². The highest BCUT2D eigenvalue weighted by Gasteiger charge is 2.52. The second kappa shape index (κ2) is 6.77. The fourth-order valence-electron chi connectivity index (χ4n) is 5.08. The van der Waals surface area contributed by atoms with Crippen LogP contribution in [0.2, 0.25) is 0 Å². The molecule has 7 heteroatoms. The summed E-state index contributed by atoms with van der Waals surface area (Å²) >= 11 is 0. The van der Waals surface area contributed by atoms with Crippen molar-refractivity contribution < 1.29 is 19.1 Å². The molecule has 0 saturated carbocycles. The fraction of sp³-hybridized carbons (Fsp3) is 0.333. The van der Waals surface area contributed by atoms with Crippen molar-refractivity contribution in [1.29, 1.82) is 0 Å². The Kier molecular flexibility index (Phi) is 4.00. The molecule has 1 aromatic heterocycles. The minimum absolute atomic E-state index is 0.0971. The number of ether oxygens (including phenoxy) is 2. The van der Waals surface area contributed by atoms with Gasteiger partial charge in [-0.1, -0.05) is 37.6 Å². The van der Waals surface area contributed by atoms with Crippen molar-refractivity contribution in [2.75, 3.05) is 13.3 Å². The number of urea groups is 1. The molecule has 2 aromatic carbocycles. The number of imide groups is 1. The molecule has 1 saturated heterocycles. The van der Waals surface area contributed by atoms with E-state index >= 15 is 0 Å². The summed E-state index contributed by atoms with van der Waals surface area (Å²) in [5, 5.41) is 1.11. The van der Waals surface area contributed by atoms with Crippen molar-refractivity contribution in [3.8, 4) is 11.5 Å². The van der Waals surface area contributed by atoms with E-state index in [0.717, 1.165) is 40.6 Å². The number of amides is 3. The Morgan fingerprint density at radius 2 is 1.94 bits per heavy atom. The van der Waals surface area contributed by atoms with Crippen molar-refractivity contribution >= 4 is 22.8 Å². The van der Waals surface area contributed by atoms with Crippen LogP contribution < -0.4 is 9.47 Å². The first kappa shape index (κ1) is 18.3. The second-order valence-corrected chi connectivity index (χ2v) is 8.33. The van der Waals surface area contributed by atoms with E-state index in [-0.39, 0.29) is 18.7 Å². The lowest BCUT2D eigenvalue weighted by Crippen LogP contribution is -2.44. The smallest absolute Gasteiger partial charge is 0.328 e. The van der Waals surface area contributed by atoms with E-state index in [2.05, 4.69) is 18.0 Å². The number of unbranched alkanes of at least 4 members (excludes halogenated alkanes) is 1. The summed E-state index contributed by atoms with van der Waals surface area (Å²) in [6.07, 6.45) is 2.26. The first-order valence-corrected chi connectivity index (χ1v) is 10.8. The zero-order valence-corrected chi connectivity index (χ0v) is 17.3. The molecule has 3 aliphatic heterocycles. The summed E-state index contributed by atoms with van der Waals surface area (Å²) < 4.78 is 11.1. The van der Waals surface area contributed by atoms with Gasteiger partial charge in [0.1, 0.15) is 12.1 Å². The van der Waals surface area contributed by atoms with Crippen LogP contribution in [0.15, 0.2) is 42.5 Å². The molecule has 1 N–H and O–H groups in total. The van der Waals surface area contributed by atoms with Gasteiger partial charge in [0.05, 0.1) is 0 Å². The van der Waals surface area contributed by atoms with Crippen LogP contribution in [0.1, 0.15) is 42.6 Å². The van der Waals surface area contributed by atoms with Gasteiger partial charge in [0.2, 0.25) is 6.79 Å². The number of nitrogens with one attached hydrogen (secondary N) is 1. The molecule has 0 bridgehead atoms. The number of hydrogen-bond acceptors (Lipinski definition) is 4. The Hall–Kier alpha value is -3.48. The third-order valence-corrected chi connectivity index (χ3v) is 6.58. The predicted molar refractivity (Wildman–Crippen MR) is 114 cm³/mol. The lowest BCUT2D eigenvalue weighted by atomic mass is 9.88. The molecular formula is C24H23N3O4. The van der Waals surface area contributed by atoms with E-state index in [1.54, 1.807) is 4.90 Å². The molecule has 0 aliphatic carbocycles. The summed E-state index contributed by atoms with van der Waals surface area (Å²) in [4.78, 5) is 33.5. The first-order chi connectivity index (χ1) is 15.2. The number of carbonyl (C=O) groups excluding carboxylic acids is 2. The molecule has 1 fully saturated rings. The van der Waals surface area contributed by atoms with E-state index < -0.39 is 12.1 Å². The minimum atomic E-state index is -0.494. The van der Waals surface area contributed by atoms with Crippen LogP contribution in [0.4, 0.5) is 4.79 Å². The number of hydrogen-bond donors (Lipinski definition) is 1. The Labute approximate surface area is 179 Å². The van der Waals surface area contributed by atoms with Gasteiger partial charge in [0, 0.05) is 29.6 Å². The maximum absolute atomic E-state index is 13.5. The third-order valence-electron chi connectivity index (χ3n) is 6.58. The number of nitrogens with zero attached hydrogens (tertiary/aromatic N) is 2. The number of carbonyl (C=O) groups is 2. The second-order valence-electron chi connectivity index (χ2n) is 8.33. The van der Waals surface area contributed by atoms with Gasteiger partial charge in [0.15, 0.2) is 11.5 Å². The zero-order valence-electron chi connectivity index (χ0n) is 17.3. The number of aromatic amines is 1. The number of fused-ring (bicyclic) bond motifs is 5. The van der Waals surface area contributed by atoms with Gasteiger partial charge < -0.3 is 14.5 Å². The van der Waals surface area contributed by atoms with Crippen molar-refractivity contribution in [1.82, 2.24) is 14.8 Å². The fourth-order valence-corrected chi connectivity index (χ4v) is 5.08. The number of benzene rings is 2. The molecular weight excluding hydrogens is 394 g/mol. The zero-order chi connectivity index (χ0) is 21.1. The van der Waals surface area contributed by atoms with E-state index in [1.165, 1.54) is 4.90 Å². The number of H-pyrrole nitrogens is 1. The number of rotatable bonds is 4. The molecule has 0 unspecified atom stereocenters. The maximum atomic E-state index is 13.5. The lowest BCUT2D eigenvalue weighted by Gasteiger charge is -2.36. The van der Waals surface area contributed by atoms with Crippen molar-refractivity contribution in [2.24, 2.45) is 0 Å². The quantitative estimate of drug-likeness (QED) is 0.652. The highest BCUT2D eigenvalue weighted by molar-refractivity contribution is 6.05. The molecule has 4 heterocycles.